The minimum absolute atomic E-state index is 0.323. The second kappa shape index (κ2) is 4.31. The fraction of sp³-hybridized carbons (Fsp3) is 0.182. The molecular formula is C11H12N2OS. The van der Waals surface area contributed by atoms with Crippen LogP contribution in [0.2, 0.25) is 0 Å². The van der Waals surface area contributed by atoms with Gasteiger partial charge in [-0.3, -0.25) is 4.98 Å². The Morgan fingerprint density at radius 2 is 2.33 bits per heavy atom. The van der Waals surface area contributed by atoms with Crippen molar-refractivity contribution in [3.63, 3.8) is 0 Å². The van der Waals surface area contributed by atoms with E-state index in [1.165, 1.54) is 4.88 Å². The van der Waals surface area contributed by atoms with Gasteiger partial charge < -0.3 is 10.4 Å². The molecule has 0 fully saturated rings. The number of nitrogens with zero attached hydrogens (tertiary/aromatic N) is 1. The number of anilines is 1. The van der Waals surface area contributed by atoms with Crippen molar-refractivity contribution in [2.45, 2.75) is 13.5 Å². The first-order chi connectivity index (χ1) is 7.25. The molecule has 0 saturated carbocycles. The Hall–Kier alpha value is -1.55. The SMILES string of the molecule is Cc1ccc(NCc2cncs2)cc1O. The number of hydrogen-bond donors (Lipinski definition) is 2. The van der Waals surface area contributed by atoms with Crippen molar-refractivity contribution in [1.82, 2.24) is 4.98 Å². The molecule has 0 amide bonds. The Morgan fingerprint density at radius 1 is 1.47 bits per heavy atom. The molecule has 0 saturated heterocycles. The van der Waals surface area contributed by atoms with E-state index in [4.69, 9.17) is 0 Å². The van der Waals surface area contributed by atoms with Crippen LogP contribution in [0.3, 0.4) is 0 Å². The summed E-state index contributed by atoms with van der Waals surface area (Å²) in [6.45, 7) is 2.62. The molecule has 1 aromatic heterocycles. The maximum absolute atomic E-state index is 9.51. The van der Waals surface area contributed by atoms with Crippen LogP contribution in [-0.4, -0.2) is 10.1 Å². The topological polar surface area (TPSA) is 45.2 Å². The van der Waals surface area contributed by atoms with Gasteiger partial charge in [0.05, 0.1) is 12.1 Å². The van der Waals surface area contributed by atoms with Crippen LogP contribution in [0, 0.1) is 6.92 Å². The highest BCUT2D eigenvalue weighted by atomic mass is 32.1. The summed E-state index contributed by atoms with van der Waals surface area (Å²) in [7, 11) is 0. The minimum atomic E-state index is 0.323. The Morgan fingerprint density at radius 3 is 3.00 bits per heavy atom. The first-order valence-corrected chi connectivity index (χ1v) is 5.54. The Balaban J connectivity index is 2.02. The molecule has 0 aliphatic heterocycles. The van der Waals surface area contributed by atoms with Crippen molar-refractivity contribution >= 4 is 17.0 Å². The third kappa shape index (κ3) is 2.47. The molecular weight excluding hydrogens is 208 g/mol. The molecule has 1 heterocycles. The van der Waals surface area contributed by atoms with E-state index in [0.717, 1.165) is 17.8 Å². The van der Waals surface area contributed by atoms with Gasteiger partial charge in [-0.2, -0.15) is 0 Å². The van der Waals surface area contributed by atoms with E-state index in [-0.39, 0.29) is 0 Å². The molecule has 1 aromatic carbocycles. The summed E-state index contributed by atoms with van der Waals surface area (Å²) in [5.74, 6) is 0.323. The summed E-state index contributed by atoms with van der Waals surface area (Å²) in [5.41, 5.74) is 3.62. The lowest BCUT2D eigenvalue weighted by molar-refractivity contribution is 0.471. The summed E-state index contributed by atoms with van der Waals surface area (Å²) >= 11 is 1.61. The normalized spacial score (nSPS) is 10.2. The molecule has 2 N–H and O–H groups in total. The van der Waals surface area contributed by atoms with Gasteiger partial charge in [0.25, 0.3) is 0 Å². The summed E-state index contributed by atoms with van der Waals surface area (Å²) < 4.78 is 0. The average Bonchev–Trinajstić information content (AvgIpc) is 2.73. The number of phenols is 1. The van der Waals surface area contributed by atoms with Gasteiger partial charge in [-0.25, -0.2) is 0 Å². The number of rotatable bonds is 3. The second-order valence-corrected chi connectivity index (χ2v) is 4.29. The quantitative estimate of drug-likeness (QED) is 0.836. The molecule has 0 spiro atoms. The standard InChI is InChI=1S/C11H12N2OS/c1-8-2-3-9(4-11(8)14)13-6-10-5-12-7-15-10/h2-5,7,13-14H,6H2,1H3. The first kappa shape index (κ1) is 9.98. The molecule has 4 heteroatoms. The highest BCUT2D eigenvalue weighted by Crippen LogP contribution is 2.21. The van der Waals surface area contributed by atoms with E-state index in [1.807, 2.05) is 30.8 Å². The Bertz CT molecular complexity index is 440. The predicted octanol–water partition coefficient (Wildman–Crippen LogP) is 2.77. The van der Waals surface area contributed by atoms with Crippen molar-refractivity contribution in [2.24, 2.45) is 0 Å². The number of aromatic hydroxyl groups is 1. The molecule has 15 heavy (non-hydrogen) atoms. The van der Waals surface area contributed by atoms with Gasteiger partial charge in [-0.1, -0.05) is 6.07 Å². The zero-order valence-electron chi connectivity index (χ0n) is 8.40. The highest BCUT2D eigenvalue weighted by molar-refractivity contribution is 7.09. The van der Waals surface area contributed by atoms with Gasteiger partial charge >= 0.3 is 0 Å². The van der Waals surface area contributed by atoms with Crippen LogP contribution in [0.25, 0.3) is 0 Å². The van der Waals surface area contributed by atoms with Crippen molar-refractivity contribution in [3.05, 3.63) is 40.3 Å². The molecule has 0 atom stereocenters. The van der Waals surface area contributed by atoms with Gasteiger partial charge in [0, 0.05) is 22.8 Å². The van der Waals surface area contributed by atoms with Gasteiger partial charge in [-0.05, 0) is 18.6 Å². The van der Waals surface area contributed by atoms with Crippen LogP contribution in [-0.2, 0) is 6.54 Å². The fourth-order valence-corrected chi connectivity index (χ4v) is 1.77. The smallest absolute Gasteiger partial charge is 0.120 e. The van der Waals surface area contributed by atoms with E-state index in [9.17, 15) is 5.11 Å². The third-order valence-electron chi connectivity index (χ3n) is 2.16. The summed E-state index contributed by atoms with van der Waals surface area (Å²) in [5, 5.41) is 12.7. The van der Waals surface area contributed by atoms with Crippen LogP contribution in [0.15, 0.2) is 29.9 Å². The van der Waals surface area contributed by atoms with E-state index in [0.29, 0.717) is 5.75 Å². The number of benzene rings is 1. The molecule has 2 rings (SSSR count). The molecule has 0 bridgehead atoms. The molecule has 0 aliphatic rings. The minimum Gasteiger partial charge on any atom is -0.508 e. The Kier molecular flexibility index (Phi) is 2.87. The second-order valence-electron chi connectivity index (χ2n) is 3.32. The monoisotopic (exact) mass is 220 g/mol. The van der Waals surface area contributed by atoms with Crippen LogP contribution in [0.5, 0.6) is 5.75 Å². The number of aromatic nitrogens is 1. The molecule has 0 radical (unpaired) electrons. The number of aryl methyl sites for hydroxylation is 1. The van der Waals surface area contributed by atoms with Crippen molar-refractivity contribution in [2.75, 3.05) is 5.32 Å². The van der Waals surface area contributed by atoms with Crippen molar-refractivity contribution in [1.29, 1.82) is 0 Å². The van der Waals surface area contributed by atoms with Gasteiger partial charge in [0.15, 0.2) is 0 Å². The zero-order chi connectivity index (χ0) is 10.7. The summed E-state index contributed by atoms with van der Waals surface area (Å²) in [4.78, 5) is 5.17. The maximum Gasteiger partial charge on any atom is 0.120 e. The number of thiazole rings is 1. The molecule has 0 unspecified atom stereocenters. The molecule has 2 aromatic rings. The van der Waals surface area contributed by atoms with Crippen molar-refractivity contribution in [3.8, 4) is 5.75 Å². The molecule has 0 aliphatic carbocycles. The highest BCUT2D eigenvalue weighted by Gasteiger charge is 1.99. The van der Waals surface area contributed by atoms with Crippen LogP contribution in [0.1, 0.15) is 10.4 Å². The fourth-order valence-electron chi connectivity index (χ4n) is 1.24. The van der Waals surface area contributed by atoms with Crippen LogP contribution >= 0.6 is 11.3 Å². The van der Waals surface area contributed by atoms with Gasteiger partial charge in [-0.15, -0.1) is 11.3 Å². The van der Waals surface area contributed by atoms with Gasteiger partial charge in [0.2, 0.25) is 0 Å². The van der Waals surface area contributed by atoms with Gasteiger partial charge in [0.1, 0.15) is 5.75 Å². The lowest BCUT2D eigenvalue weighted by Gasteiger charge is -2.06. The summed E-state index contributed by atoms with van der Waals surface area (Å²) in [6.07, 6.45) is 1.84. The lowest BCUT2D eigenvalue weighted by Crippen LogP contribution is -1.97. The largest absolute Gasteiger partial charge is 0.508 e. The molecule has 3 nitrogen and oxygen atoms in total. The number of hydrogen-bond acceptors (Lipinski definition) is 4. The zero-order valence-corrected chi connectivity index (χ0v) is 9.21. The number of nitrogens with one attached hydrogen (secondary N) is 1. The lowest BCUT2D eigenvalue weighted by atomic mass is 10.2. The van der Waals surface area contributed by atoms with Crippen molar-refractivity contribution < 1.29 is 5.11 Å². The Labute approximate surface area is 92.4 Å². The van der Waals surface area contributed by atoms with E-state index in [2.05, 4.69) is 10.3 Å². The van der Waals surface area contributed by atoms with E-state index in [1.54, 1.807) is 17.4 Å². The average molecular weight is 220 g/mol. The van der Waals surface area contributed by atoms with E-state index >= 15 is 0 Å². The predicted molar refractivity (Wildman–Crippen MR) is 62.3 cm³/mol. The molecule has 78 valence electrons. The third-order valence-corrected chi connectivity index (χ3v) is 2.94. The van der Waals surface area contributed by atoms with E-state index < -0.39 is 0 Å². The summed E-state index contributed by atoms with van der Waals surface area (Å²) in [6, 6.07) is 5.58. The van der Waals surface area contributed by atoms with Crippen LogP contribution < -0.4 is 5.32 Å². The first-order valence-electron chi connectivity index (χ1n) is 4.66. The number of phenolic OH excluding ortho intramolecular Hbond substituents is 1. The maximum atomic E-state index is 9.51. The van der Waals surface area contributed by atoms with Crippen LogP contribution in [0.4, 0.5) is 5.69 Å².